The lowest BCUT2D eigenvalue weighted by Gasteiger charge is -2.34. The van der Waals surface area contributed by atoms with Gasteiger partial charge in [0.05, 0.1) is 22.5 Å². The third-order valence-electron chi connectivity index (χ3n) is 6.72. The summed E-state index contributed by atoms with van der Waals surface area (Å²) >= 11 is 6.57. The monoisotopic (exact) mass is 506 g/mol. The number of amides is 1. The number of carbonyl (C=O) groups is 1. The minimum Gasteiger partial charge on any atom is -0.357 e. The predicted molar refractivity (Wildman–Crippen MR) is 134 cm³/mol. The number of hydrogen-bond donors (Lipinski definition) is 0. The molecule has 0 aromatic carbocycles. The van der Waals surface area contributed by atoms with Crippen LogP contribution in [0.15, 0.2) is 9.70 Å². The molecule has 0 spiro atoms. The molecule has 0 radical (unpaired) electrons. The van der Waals surface area contributed by atoms with Gasteiger partial charge in [-0.05, 0) is 43.7 Å². The van der Waals surface area contributed by atoms with Crippen molar-refractivity contribution in [3.8, 4) is 6.07 Å². The minimum atomic E-state index is -3.17. The number of thiocarbonyl (C=S) groups is 1. The van der Waals surface area contributed by atoms with E-state index in [9.17, 15) is 23.3 Å². The van der Waals surface area contributed by atoms with E-state index in [-0.39, 0.29) is 28.5 Å². The summed E-state index contributed by atoms with van der Waals surface area (Å²) in [5, 5.41) is 9.62. The van der Waals surface area contributed by atoms with Gasteiger partial charge in [-0.1, -0.05) is 30.9 Å². The van der Waals surface area contributed by atoms with E-state index in [0.29, 0.717) is 38.5 Å². The Balaban J connectivity index is 1.79. The van der Waals surface area contributed by atoms with E-state index in [1.54, 1.807) is 20.0 Å². The Kier molecular flexibility index (Phi) is 6.46. The molecule has 3 fully saturated rings. The van der Waals surface area contributed by atoms with Gasteiger partial charge in [0.1, 0.15) is 21.8 Å². The van der Waals surface area contributed by atoms with Crippen LogP contribution in [-0.2, 0) is 21.7 Å². The van der Waals surface area contributed by atoms with Gasteiger partial charge in [-0.25, -0.2) is 8.42 Å². The molecule has 1 unspecified atom stereocenters. The van der Waals surface area contributed by atoms with Crippen LogP contribution in [0.3, 0.4) is 0 Å². The molecule has 1 atom stereocenters. The number of nitrogens with zero attached hydrogens (tertiary/aromatic N) is 4. The van der Waals surface area contributed by atoms with Crippen molar-refractivity contribution in [2.45, 2.75) is 39.2 Å². The quantitative estimate of drug-likeness (QED) is 0.454. The first-order valence-electron chi connectivity index (χ1n) is 10.9. The van der Waals surface area contributed by atoms with Gasteiger partial charge in [0.15, 0.2) is 9.84 Å². The molecule has 176 valence electrons. The van der Waals surface area contributed by atoms with Crippen LogP contribution in [0.4, 0.5) is 5.82 Å². The first-order valence-corrected chi connectivity index (χ1v) is 13.9. The molecule has 1 aromatic rings. The molecule has 4 heterocycles. The molecule has 33 heavy (non-hydrogen) atoms. The summed E-state index contributed by atoms with van der Waals surface area (Å²) < 4.78 is 25.7. The Morgan fingerprint density at radius 3 is 2.45 bits per heavy atom. The summed E-state index contributed by atoms with van der Waals surface area (Å²) in [6, 6.07) is 1.56. The number of piperidine rings is 1. The Morgan fingerprint density at radius 1 is 1.21 bits per heavy atom. The average molecular weight is 507 g/mol. The van der Waals surface area contributed by atoms with Crippen LogP contribution >= 0.6 is 24.0 Å². The highest BCUT2D eigenvalue weighted by Crippen LogP contribution is 2.38. The first kappa shape index (κ1) is 24.0. The van der Waals surface area contributed by atoms with E-state index in [4.69, 9.17) is 12.2 Å². The fourth-order valence-corrected chi connectivity index (χ4v) is 7.80. The van der Waals surface area contributed by atoms with Crippen molar-refractivity contribution in [3.63, 3.8) is 0 Å². The average Bonchev–Trinajstić information content (AvgIpc) is 3.25. The molecule has 8 nitrogen and oxygen atoms in total. The zero-order valence-corrected chi connectivity index (χ0v) is 21.3. The molecule has 1 amide bonds. The van der Waals surface area contributed by atoms with Gasteiger partial charge < -0.3 is 4.90 Å². The Bertz CT molecular complexity index is 1270. The molecule has 3 aliphatic rings. The van der Waals surface area contributed by atoms with Gasteiger partial charge in [-0.15, -0.1) is 0 Å². The van der Waals surface area contributed by atoms with E-state index < -0.39 is 15.9 Å². The van der Waals surface area contributed by atoms with Gasteiger partial charge >= 0.3 is 0 Å². The predicted octanol–water partition coefficient (Wildman–Crippen LogP) is 2.19. The van der Waals surface area contributed by atoms with Crippen LogP contribution in [0.5, 0.6) is 0 Å². The third kappa shape index (κ3) is 4.36. The Labute approximate surface area is 203 Å². The Hall–Kier alpha value is -2.16. The highest BCUT2D eigenvalue weighted by molar-refractivity contribution is 8.26. The maximum Gasteiger partial charge on any atom is 0.270 e. The summed E-state index contributed by atoms with van der Waals surface area (Å²) in [5.74, 6) is 0.937. The normalized spacial score (nSPS) is 24.7. The second-order valence-corrected chi connectivity index (χ2v) is 12.9. The van der Waals surface area contributed by atoms with Crippen LogP contribution in [-0.4, -0.2) is 58.7 Å². The van der Waals surface area contributed by atoms with Crippen molar-refractivity contribution in [3.05, 3.63) is 31.9 Å². The molecule has 11 heteroatoms. The van der Waals surface area contributed by atoms with E-state index in [1.807, 2.05) is 6.07 Å². The van der Waals surface area contributed by atoms with Crippen molar-refractivity contribution in [1.82, 2.24) is 9.47 Å². The molecule has 3 saturated heterocycles. The number of thioether (sulfide) groups is 1. The summed E-state index contributed by atoms with van der Waals surface area (Å²) in [6.07, 6.45) is 4.07. The van der Waals surface area contributed by atoms with Gasteiger partial charge in [0.2, 0.25) is 0 Å². The van der Waals surface area contributed by atoms with Crippen LogP contribution < -0.4 is 10.5 Å². The SMILES string of the molecule is Cc1c(/C=C2/SC(=S)N(C3CCS(=O)(=O)C3)C2=O)c(N2CCC(C)CC2)n(C)c(=O)c1C#N. The zero-order valence-electron chi connectivity index (χ0n) is 18.8. The highest BCUT2D eigenvalue weighted by Gasteiger charge is 2.42. The van der Waals surface area contributed by atoms with Gasteiger partial charge in [-0.3, -0.25) is 19.1 Å². The van der Waals surface area contributed by atoms with Crippen molar-refractivity contribution in [2.24, 2.45) is 13.0 Å². The topological polar surface area (TPSA) is 103 Å². The molecule has 1 aromatic heterocycles. The standard InChI is InChI=1S/C22H26N4O4S3/c1-13-4-7-25(8-5-13)19-16(14(2)17(11-23)20(27)24(19)3)10-18-21(28)26(22(31)32-18)15-6-9-33(29,30)12-15/h10,13,15H,4-9,12H2,1-3H3/b18-10+. The third-order valence-corrected chi connectivity index (χ3v) is 9.80. The number of aromatic nitrogens is 1. The number of carbonyl (C=O) groups excluding carboxylic acids is 1. The van der Waals surface area contributed by atoms with Gasteiger partial charge in [0.25, 0.3) is 11.5 Å². The molecular formula is C22H26N4O4S3. The maximum atomic E-state index is 13.3. The zero-order chi connectivity index (χ0) is 24.1. The molecule has 0 N–H and O–H groups in total. The number of pyridine rings is 1. The molecule has 0 aliphatic carbocycles. The van der Waals surface area contributed by atoms with Crippen molar-refractivity contribution in [2.75, 3.05) is 29.5 Å². The lowest BCUT2D eigenvalue weighted by Crippen LogP contribution is -2.39. The summed E-state index contributed by atoms with van der Waals surface area (Å²) in [4.78, 5) is 30.1. The van der Waals surface area contributed by atoms with Crippen LogP contribution in [0, 0.1) is 24.2 Å². The van der Waals surface area contributed by atoms with Crippen molar-refractivity contribution < 1.29 is 13.2 Å². The smallest absolute Gasteiger partial charge is 0.270 e. The lowest BCUT2D eigenvalue weighted by atomic mass is 9.97. The van der Waals surface area contributed by atoms with Gasteiger partial charge in [-0.2, -0.15) is 5.26 Å². The van der Waals surface area contributed by atoms with Crippen LogP contribution in [0.2, 0.25) is 0 Å². The van der Waals surface area contributed by atoms with E-state index in [1.165, 1.54) is 9.47 Å². The number of rotatable bonds is 3. The van der Waals surface area contributed by atoms with E-state index >= 15 is 0 Å². The van der Waals surface area contributed by atoms with Crippen molar-refractivity contribution in [1.29, 1.82) is 5.26 Å². The molecule has 0 saturated carbocycles. The molecule has 0 bridgehead atoms. The Morgan fingerprint density at radius 2 is 1.88 bits per heavy atom. The first-order chi connectivity index (χ1) is 15.5. The lowest BCUT2D eigenvalue weighted by molar-refractivity contribution is -0.123. The fraction of sp³-hybridized carbons (Fsp3) is 0.545. The highest BCUT2D eigenvalue weighted by atomic mass is 32.2. The van der Waals surface area contributed by atoms with Crippen LogP contribution in [0.1, 0.15) is 42.9 Å². The fourth-order valence-electron chi connectivity index (χ4n) is 4.72. The maximum absolute atomic E-state index is 13.3. The molecule has 4 rings (SSSR count). The van der Waals surface area contributed by atoms with Crippen LogP contribution in [0.25, 0.3) is 6.08 Å². The number of anilines is 1. The second-order valence-electron chi connectivity index (χ2n) is 8.99. The van der Waals surface area contributed by atoms with E-state index in [0.717, 1.165) is 37.7 Å². The number of nitriles is 1. The number of hydrogen-bond acceptors (Lipinski definition) is 8. The van der Waals surface area contributed by atoms with Gasteiger partial charge in [0, 0.05) is 25.7 Å². The summed E-state index contributed by atoms with van der Waals surface area (Å²) in [7, 11) is -1.52. The minimum absolute atomic E-state index is 0.0512. The number of sulfone groups is 1. The van der Waals surface area contributed by atoms with E-state index in [2.05, 4.69) is 11.8 Å². The van der Waals surface area contributed by atoms with Crippen molar-refractivity contribution >= 4 is 55.9 Å². The second kappa shape index (κ2) is 8.89. The summed E-state index contributed by atoms with van der Waals surface area (Å²) in [5.41, 5.74) is 0.880. The molecule has 3 aliphatic heterocycles. The largest absolute Gasteiger partial charge is 0.357 e. The summed E-state index contributed by atoms with van der Waals surface area (Å²) in [6.45, 7) is 5.49. The molecular weight excluding hydrogens is 480 g/mol.